The van der Waals surface area contributed by atoms with Gasteiger partial charge in [0.1, 0.15) is 5.82 Å². The molecule has 1 N–H and O–H groups in total. The van der Waals surface area contributed by atoms with E-state index in [-0.39, 0.29) is 5.82 Å². The Hall–Kier alpha value is -0.450. The van der Waals surface area contributed by atoms with E-state index in [1.54, 1.807) is 6.07 Å². The van der Waals surface area contributed by atoms with E-state index >= 15 is 0 Å². The lowest BCUT2D eigenvalue weighted by molar-refractivity contribution is -0.116. The Morgan fingerprint density at radius 2 is 2.12 bits per heavy atom. The largest absolute Gasteiger partial charge is 0.387 e. The number of nitrogens with zero attached hydrogens (tertiary/aromatic N) is 1. The van der Waals surface area contributed by atoms with Crippen molar-refractivity contribution in [3.05, 3.63) is 34.1 Å². The second-order valence-corrected chi connectivity index (χ2v) is 6.03. The molecule has 92 valence electrons. The van der Waals surface area contributed by atoms with E-state index in [1.807, 2.05) is 6.07 Å². The number of aliphatic hydroxyl groups is 1. The number of benzene rings is 1. The fraction of sp³-hybridized carbons (Fsp3) is 0.538. The highest BCUT2D eigenvalue weighted by molar-refractivity contribution is 9.10. The summed E-state index contributed by atoms with van der Waals surface area (Å²) in [6, 6.07) is 5.09. The van der Waals surface area contributed by atoms with Crippen LogP contribution in [-0.2, 0) is 6.54 Å². The summed E-state index contributed by atoms with van der Waals surface area (Å²) in [5, 5.41) is 10.2. The molecule has 0 radical (unpaired) electrons. The van der Waals surface area contributed by atoms with Crippen LogP contribution >= 0.6 is 15.9 Å². The molecular weight excluding hydrogens is 285 g/mol. The second-order valence-electron chi connectivity index (χ2n) is 5.24. The van der Waals surface area contributed by atoms with Crippen LogP contribution in [0, 0.1) is 11.7 Å². The molecule has 1 aromatic carbocycles. The van der Waals surface area contributed by atoms with E-state index in [0.717, 1.165) is 31.5 Å². The zero-order chi connectivity index (χ0) is 12.0. The first-order chi connectivity index (χ1) is 8.08. The van der Waals surface area contributed by atoms with Gasteiger partial charge in [-0.2, -0.15) is 0 Å². The first-order valence-corrected chi connectivity index (χ1v) is 6.75. The van der Waals surface area contributed by atoms with Crippen molar-refractivity contribution in [2.24, 2.45) is 5.92 Å². The minimum Gasteiger partial charge on any atom is -0.387 e. The molecule has 2 aliphatic rings. The molecule has 0 atom stereocenters. The fourth-order valence-electron chi connectivity index (χ4n) is 2.63. The molecule has 17 heavy (non-hydrogen) atoms. The van der Waals surface area contributed by atoms with Gasteiger partial charge in [0.15, 0.2) is 0 Å². The summed E-state index contributed by atoms with van der Waals surface area (Å²) in [5.74, 6) is 0.287. The number of hydrogen-bond donors (Lipinski definition) is 1. The van der Waals surface area contributed by atoms with Gasteiger partial charge in [0, 0.05) is 19.6 Å². The van der Waals surface area contributed by atoms with Crippen LogP contribution in [0.15, 0.2) is 22.7 Å². The van der Waals surface area contributed by atoms with Crippen molar-refractivity contribution in [3.8, 4) is 0 Å². The van der Waals surface area contributed by atoms with E-state index < -0.39 is 5.60 Å². The molecule has 1 saturated heterocycles. The summed E-state index contributed by atoms with van der Waals surface area (Å²) in [7, 11) is 0. The molecule has 1 aromatic rings. The Kier molecular flexibility index (Phi) is 2.76. The second kappa shape index (κ2) is 4.04. The normalized spacial score (nSPS) is 23.5. The smallest absolute Gasteiger partial charge is 0.137 e. The lowest BCUT2D eigenvalue weighted by atomic mass is 9.88. The van der Waals surface area contributed by atoms with Gasteiger partial charge in [0.25, 0.3) is 0 Å². The summed E-state index contributed by atoms with van der Waals surface area (Å²) < 4.78 is 13.9. The number of hydrogen-bond acceptors (Lipinski definition) is 2. The van der Waals surface area contributed by atoms with Crippen LogP contribution in [0.5, 0.6) is 0 Å². The maximum absolute atomic E-state index is 13.3. The van der Waals surface area contributed by atoms with Gasteiger partial charge in [-0.3, -0.25) is 4.90 Å². The summed E-state index contributed by atoms with van der Waals surface area (Å²) in [6.07, 6.45) is 2.32. The van der Waals surface area contributed by atoms with Crippen molar-refractivity contribution < 1.29 is 9.50 Å². The molecule has 1 aliphatic carbocycles. The Labute approximate surface area is 109 Å². The highest BCUT2D eigenvalue weighted by Crippen LogP contribution is 2.44. The summed E-state index contributed by atoms with van der Waals surface area (Å²) in [5.41, 5.74) is 0.489. The average molecular weight is 300 g/mol. The summed E-state index contributed by atoms with van der Waals surface area (Å²) in [6.45, 7) is 2.15. The number of β-amino-alcohol motifs (C(OH)–C–C–N with tert-alkyl or cyclic N) is 1. The highest BCUT2D eigenvalue weighted by atomic mass is 79.9. The fourth-order valence-corrected chi connectivity index (χ4v) is 3.02. The topological polar surface area (TPSA) is 23.5 Å². The van der Waals surface area contributed by atoms with Gasteiger partial charge in [0.05, 0.1) is 10.1 Å². The van der Waals surface area contributed by atoms with Crippen LogP contribution in [0.3, 0.4) is 0 Å². The summed E-state index contributed by atoms with van der Waals surface area (Å²) in [4.78, 5) is 2.16. The van der Waals surface area contributed by atoms with E-state index in [4.69, 9.17) is 0 Å². The number of likely N-dealkylation sites (tertiary alicyclic amines) is 1. The zero-order valence-corrected chi connectivity index (χ0v) is 11.1. The van der Waals surface area contributed by atoms with E-state index in [0.29, 0.717) is 16.9 Å². The van der Waals surface area contributed by atoms with Crippen molar-refractivity contribution >= 4 is 15.9 Å². The first kappa shape index (κ1) is 11.6. The van der Waals surface area contributed by atoms with Crippen molar-refractivity contribution in [1.29, 1.82) is 0 Å². The monoisotopic (exact) mass is 299 g/mol. The predicted molar refractivity (Wildman–Crippen MR) is 67.1 cm³/mol. The van der Waals surface area contributed by atoms with Gasteiger partial charge in [-0.1, -0.05) is 12.1 Å². The molecule has 0 amide bonds. The molecule has 2 fully saturated rings. The highest BCUT2D eigenvalue weighted by Gasteiger charge is 2.51. The third kappa shape index (κ3) is 2.14. The Bertz CT molecular complexity index is 441. The molecular formula is C13H15BrFNO. The van der Waals surface area contributed by atoms with Crippen LogP contribution in [-0.4, -0.2) is 28.7 Å². The van der Waals surface area contributed by atoms with Crippen molar-refractivity contribution in [3.63, 3.8) is 0 Å². The minimum absolute atomic E-state index is 0.222. The van der Waals surface area contributed by atoms with Crippen LogP contribution in [0.25, 0.3) is 0 Å². The molecule has 0 spiro atoms. The molecule has 1 saturated carbocycles. The molecule has 0 unspecified atom stereocenters. The van der Waals surface area contributed by atoms with Crippen LogP contribution < -0.4 is 0 Å². The molecule has 0 bridgehead atoms. The number of rotatable bonds is 3. The lowest BCUT2D eigenvalue weighted by Gasteiger charge is -2.47. The van der Waals surface area contributed by atoms with Gasteiger partial charge >= 0.3 is 0 Å². The minimum atomic E-state index is -0.459. The van der Waals surface area contributed by atoms with Gasteiger partial charge < -0.3 is 5.11 Å². The molecule has 3 rings (SSSR count). The average Bonchev–Trinajstić information content (AvgIpc) is 3.06. The van der Waals surface area contributed by atoms with Crippen LogP contribution in [0.2, 0.25) is 0 Å². The van der Waals surface area contributed by atoms with Crippen LogP contribution in [0.1, 0.15) is 18.4 Å². The predicted octanol–water partition coefficient (Wildman–Crippen LogP) is 2.54. The van der Waals surface area contributed by atoms with Crippen molar-refractivity contribution in [2.75, 3.05) is 13.1 Å². The zero-order valence-electron chi connectivity index (χ0n) is 9.50. The van der Waals surface area contributed by atoms with E-state index in [9.17, 15) is 9.50 Å². The van der Waals surface area contributed by atoms with Gasteiger partial charge in [-0.05, 0) is 46.3 Å². The molecule has 4 heteroatoms. The first-order valence-electron chi connectivity index (χ1n) is 5.96. The standard InChI is InChI=1S/C13H15BrFNO/c14-12-9(2-1-3-11(12)15)6-16-7-13(17,8-16)10-4-5-10/h1-3,10,17H,4-8H2. The molecule has 1 aliphatic heterocycles. The Balaban J connectivity index is 1.63. The lowest BCUT2D eigenvalue weighted by Crippen LogP contribution is -2.62. The number of halogens is 2. The maximum Gasteiger partial charge on any atom is 0.137 e. The Morgan fingerprint density at radius 3 is 2.76 bits per heavy atom. The molecule has 0 aromatic heterocycles. The molecule has 1 heterocycles. The summed E-state index contributed by atoms with van der Waals surface area (Å²) >= 11 is 3.27. The van der Waals surface area contributed by atoms with Gasteiger partial charge in [-0.25, -0.2) is 4.39 Å². The maximum atomic E-state index is 13.3. The van der Waals surface area contributed by atoms with Gasteiger partial charge in [-0.15, -0.1) is 0 Å². The van der Waals surface area contributed by atoms with E-state index in [1.165, 1.54) is 6.07 Å². The molecule has 2 nitrogen and oxygen atoms in total. The third-order valence-electron chi connectivity index (χ3n) is 3.76. The van der Waals surface area contributed by atoms with Crippen molar-refractivity contribution in [1.82, 2.24) is 4.90 Å². The van der Waals surface area contributed by atoms with Gasteiger partial charge in [0.2, 0.25) is 0 Å². The Morgan fingerprint density at radius 1 is 1.41 bits per heavy atom. The van der Waals surface area contributed by atoms with Crippen LogP contribution in [0.4, 0.5) is 4.39 Å². The van der Waals surface area contributed by atoms with Crippen molar-refractivity contribution in [2.45, 2.75) is 25.0 Å². The quantitative estimate of drug-likeness (QED) is 0.927. The SMILES string of the molecule is OC1(C2CC2)CN(Cc2cccc(F)c2Br)C1. The third-order valence-corrected chi connectivity index (χ3v) is 4.65. The van der Waals surface area contributed by atoms with E-state index in [2.05, 4.69) is 20.8 Å².